The fourth-order valence-corrected chi connectivity index (χ4v) is 12.9. The lowest BCUT2D eigenvalue weighted by Gasteiger charge is -2.57. The summed E-state index contributed by atoms with van der Waals surface area (Å²) in [4.78, 5) is 26.8. The molecule has 53 heavy (non-hydrogen) atoms. The Balaban J connectivity index is 1.08. The summed E-state index contributed by atoms with van der Waals surface area (Å²) in [7, 11) is -3.97. The molecule has 0 heterocycles. The highest BCUT2D eigenvalue weighted by Crippen LogP contribution is 2.65. The minimum absolute atomic E-state index is 0.0867. The average molecular weight is 734 g/mol. The van der Waals surface area contributed by atoms with Gasteiger partial charge in [0, 0.05) is 12.1 Å². The molecule has 5 aliphatic rings. The van der Waals surface area contributed by atoms with Crippen molar-refractivity contribution in [3.8, 4) is 11.1 Å². The van der Waals surface area contributed by atoms with Crippen molar-refractivity contribution in [1.29, 1.82) is 0 Å². The lowest BCUT2D eigenvalue weighted by atomic mass is 9.54. The van der Waals surface area contributed by atoms with Gasteiger partial charge in [-0.2, -0.15) is 0 Å². The van der Waals surface area contributed by atoms with Gasteiger partial charge in [-0.3, -0.25) is 9.36 Å². The lowest BCUT2D eigenvalue weighted by Crippen LogP contribution is -2.53. The van der Waals surface area contributed by atoms with E-state index in [0.29, 0.717) is 17.8 Å². The van der Waals surface area contributed by atoms with Gasteiger partial charge in [-0.15, -0.1) is 0 Å². The van der Waals surface area contributed by atoms with Crippen LogP contribution in [0, 0.1) is 23.7 Å². The van der Waals surface area contributed by atoms with Crippen molar-refractivity contribution in [2.45, 2.75) is 68.9 Å². The number of hydrogen-bond donors (Lipinski definition) is 2. The van der Waals surface area contributed by atoms with Crippen LogP contribution in [0.15, 0.2) is 109 Å². The molecule has 1 amide bonds. The Morgan fingerprint density at radius 3 is 1.85 bits per heavy atom. The summed E-state index contributed by atoms with van der Waals surface area (Å²) in [5, 5.41) is 13.5. The van der Waals surface area contributed by atoms with Crippen molar-refractivity contribution in [3.05, 3.63) is 131 Å². The number of alkyl carbamates (subject to hydrolysis) is 1. The molecule has 0 spiro atoms. The molecule has 3 unspecified atom stereocenters. The molecule has 4 aromatic carbocycles. The normalized spacial score (nSPS) is 24.8. The lowest BCUT2D eigenvalue weighted by molar-refractivity contribution is -0.141. The van der Waals surface area contributed by atoms with Crippen molar-refractivity contribution in [1.82, 2.24) is 5.32 Å². The van der Waals surface area contributed by atoms with Crippen LogP contribution in [-0.2, 0) is 36.4 Å². The smallest absolute Gasteiger partial charge is 0.407 e. The van der Waals surface area contributed by atoms with E-state index in [1.807, 2.05) is 84.9 Å². The summed E-state index contributed by atoms with van der Waals surface area (Å²) in [6.07, 6.45) is 5.14. The molecule has 0 radical (unpaired) electrons. The largest absolute Gasteiger partial charge is 0.481 e. The van der Waals surface area contributed by atoms with E-state index >= 15 is 4.57 Å². The molecule has 0 aliphatic heterocycles. The van der Waals surface area contributed by atoms with Crippen LogP contribution in [0.3, 0.4) is 0 Å². The summed E-state index contributed by atoms with van der Waals surface area (Å²) in [6.45, 7) is 0.192. The van der Waals surface area contributed by atoms with Crippen molar-refractivity contribution >= 4 is 19.4 Å². The van der Waals surface area contributed by atoms with Gasteiger partial charge in [0.15, 0.2) is 0 Å². The molecule has 9 heteroatoms. The Morgan fingerprint density at radius 2 is 1.28 bits per heavy atom. The standard InChI is InChI=1S/C44H48NO7P/c46-42(47)35(22-30-11-3-1-4-12-30)29-53(49,52-44-23-32-19-33(24-44)21-34(20-32)25-44)41(28-50-26-31-13-5-2-6-14-31)45-43(48)51-27-40-38-17-9-7-15-36(38)37-16-8-10-18-39(37)40/h1-18,32-35,40-41H,19-29H2,(H,45,48)(H,46,47). The van der Waals surface area contributed by atoms with Crippen LogP contribution in [-0.4, -0.2) is 47.9 Å². The van der Waals surface area contributed by atoms with E-state index in [9.17, 15) is 14.7 Å². The predicted molar refractivity (Wildman–Crippen MR) is 204 cm³/mol. The minimum Gasteiger partial charge on any atom is -0.481 e. The molecule has 4 bridgehead atoms. The van der Waals surface area contributed by atoms with Gasteiger partial charge >= 0.3 is 12.1 Å². The van der Waals surface area contributed by atoms with Crippen LogP contribution in [0.1, 0.15) is 66.7 Å². The average Bonchev–Trinajstić information content (AvgIpc) is 3.47. The third-order valence-electron chi connectivity index (χ3n) is 12.0. The summed E-state index contributed by atoms with van der Waals surface area (Å²) >= 11 is 0. The zero-order valence-corrected chi connectivity index (χ0v) is 30.9. The maximum Gasteiger partial charge on any atom is 0.407 e. The van der Waals surface area contributed by atoms with E-state index in [1.54, 1.807) is 0 Å². The van der Waals surface area contributed by atoms with E-state index in [-0.39, 0.29) is 38.3 Å². The molecule has 0 aromatic heterocycles. The van der Waals surface area contributed by atoms with Crippen LogP contribution in [0.4, 0.5) is 4.79 Å². The number of hydrogen-bond acceptors (Lipinski definition) is 6. The minimum atomic E-state index is -3.97. The van der Waals surface area contributed by atoms with Crippen LogP contribution < -0.4 is 5.32 Å². The fraction of sp³-hybridized carbons (Fsp3) is 0.409. The number of rotatable bonds is 15. The van der Waals surface area contributed by atoms with Gasteiger partial charge in [0.05, 0.1) is 24.7 Å². The second-order valence-corrected chi connectivity index (χ2v) is 18.4. The first-order chi connectivity index (χ1) is 25.8. The number of ether oxygens (including phenoxy) is 2. The summed E-state index contributed by atoms with van der Waals surface area (Å²) < 4.78 is 35.1. The first kappa shape index (κ1) is 35.8. The number of carboxylic acids is 1. The molecule has 4 aromatic rings. The van der Waals surface area contributed by atoms with E-state index in [0.717, 1.165) is 52.6 Å². The van der Waals surface area contributed by atoms with Gasteiger partial charge in [0.25, 0.3) is 0 Å². The van der Waals surface area contributed by atoms with Crippen molar-refractivity contribution in [3.63, 3.8) is 0 Å². The van der Waals surface area contributed by atoms with Crippen LogP contribution in [0.2, 0.25) is 0 Å². The van der Waals surface area contributed by atoms with E-state index < -0.39 is 36.7 Å². The first-order valence-corrected chi connectivity index (χ1v) is 20.9. The molecule has 4 saturated carbocycles. The van der Waals surface area contributed by atoms with Crippen LogP contribution >= 0.6 is 7.37 Å². The van der Waals surface area contributed by atoms with E-state index in [1.165, 1.54) is 19.3 Å². The Kier molecular flexibility index (Phi) is 10.3. The summed E-state index contributed by atoms with van der Waals surface area (Å²) in [6, 6.07) is 35.4. The van der Waals surface area contributed by atoms with E-state index in [2.05, 4.69) is 29.6 Å². The molecule has 4 fully saturated rings. The predicted octanol–water partition coefficient (Wildman–Crippen LogP) is 9.28. The monoisotopic (exact) mass is 733 g/mol. The second-order valence-electron chi connectivity index (χ2n) is 15.8. The molecular formula is C44H48NO7P. The topological polar surface area (TPSA) is 111 Å². The molecule has 9 rings (SSSR count). The Labute approximate surface area is 311 Å². The number of carbonyl (C=O) groups excluding carboxylic acids is 1. The number of carbonyl (C=O) groups is 2. The van der Waals surface area contributed by atoms with Crippen molar-refractivity contribution in [2.75, 3.05) is 19.4 Å². The first-order valence-electron chi connectivity index (χ1n) is 19.1. The zero-order chi connectivity index (χ0) is 36.4. The maximum atomic E-state index is 15.8. The number of benzene rings is 4. The maximum absolute atomic E-state index is 15.8. The highest BCUT2D eigenvalue weighted by atomic mass is 31.2. The van der Waals surface area contributed by atoms with Gasteiger partial charge < -0.3 is 24.4 Å². The molecular weight excluding hydrogens is 685 g/mol. The number of nitrogens with one attached hydrogen (secondary N) is 1. The van der Waals surface area contributed by atoms with Gasteiger partial charge in [0.2, 0.25) is 7.37 Å². The van der Waals surface area contributed by atoms with Crippen molar-refractivity contribution in [2.24, 2.45) is 23.7 Å². The Hall–Kier alpha value is -4.23. The number of carboxylic acid groups (broad SMARTS) is 1. The Morgan fingerprint density at radius 1 is 0.755 bits per heavy atom. The summed E-state index contributed by atoms with van der Waals surface area (Å²) in [5.41, 5.74) is 5.57. The molecule has 2 N–H and O–H groups in total. The number of fused-ring (bicyclic) bond motifs is 3. The number of aliphatic carboxylic acids is 1. The molecule has 8 nitrogen and oxygen atoms in total. The molecule has 5 aliphatic carbocycles. The fourth-order valence-electron chi connectivity index (χ4n) is 10.0. The third-order valence-corrected chi connectivity index (χ3v) is 14.8. The van der Waals surface area contributed by atoms with Gasteiger partial charge in [-0.25, -0.2) is 4.79 Å². The SMILES string of the molecule is O=C(NC(COCc1ccccc1)P(=O)(CC(Cc1ccccc1)C(=O)O)OC12CC3CC(CC(C3)C1)C2)OCC1c2ccccc2-c2ccccc21. The van der Waals surface area contributed by atoms with E-state index in [4.69, 9.17) is 14.0 Å². The quantitative estimate of drug-likeness (QED) is 0.117. The third kappa shape index (κ3) is 7.87. The molecule has 3 atom stereocenters. The highest BCUT2D eigenvalue weighted by Gasteiger charge is 2.56. The second kappa shape index (κ2) is 15.3. The molecule has 276 valence electrons. The summed E-state index contributed by atoms with van der Waals surface area (Å²) in [5.74, 6) is -1.79. The zero-order valence-electron chi connectivity index (χ0n) is 30.0. The van der Waals surface area contributed by atoms with Crippen LogP contribution in [0.5, 0.6) is 0 Å². The van der Waals surface area contributed by atoms with Gasteiger partial charge in [-0.05, 0) is 96.1 Å². The highest BCUT2D eigenvalue weighted by molar-refractivity contribution is 7.59. The van der Waals surface area contributed by atoms with Crippen LogP contribution in [0.25, 0.3) is 11.1 Å². The van der Waals surface area contributed by atoms with Crippen molar-refractivity contribution < 1.29 is 33.3 Å². The Bertz CT molecular complexity index is 1890. The molecule has 0 saturated heterocycles. The van der Waals surface area contributed by atoms with Gasteiger partial charge in [0.1, 0.15) is 12.4 Å². The number of amides is 1. The van der Waals surface area contributed by atoms with Gasteiger partial charge in [-0.1, -0.05) is 109 Å².